The number of anilines is 2. The highest BCUT2D eigenvalue weighted by molar-refractivity contribution is 6.17. The Morgan fingerprint density at radius 3 is 2.30 bits per heavy atom. The molecule has 3 aromatic carbocycles. The number of methoxy groups -OCH3 is 3. The Labute approximate surface area is 190 Å². The number of rotatable bonds is 7. The zero-order valence-corrected chi connectivity index (χ0v) is 18.3. The van der Waals surface area contributed by atoms with Gasteiger partial charge >= 0.3 is 0 Å². The maximum atomic E-state index is 13.1. The number of carbonyl (C=O) groups is 2. The summed E-state index contributed by atoms with van der Waals surface area (Å²) in [7, 11) is 4.55. The fourth-order valence-corrected chi connectivity index (χ4v) is 3.38. The van der Waals surface area contributed by atoms with Gasteiger partial charge in [-0.05, 0) is 42.5 Å². The van der Waals surface area contributed by atoms with E-state index in [4.69, 9.17) is 18.6 Å². The molecule has 0 aliphatic heterocycles. The van der Waals surface area contributed by atoms with E-state index in [1.165, 1.54) is 14.2 Å². The molecule has 0 saturated carbocycles. The van der Waals surface area contributed by atoms with Gasteiger partial charge in [0.15, 0.2) is 11.5 Å². The second-order valence-corrected chi connectivity index (χ2v) is 7.01. The van der Waals surface area contributed by atoms with Crippen molar-refractivity contribution in [2.24, 2.45) is 0 Å². The molecule has 0 aliphatic rings. The molecule has 0 aliphatic carbocycles. The van der Waals surface area contributed by atoms with Crippen molar-refractivity contribution in [1.29, 1.82) is 0 Å². The quantitative estimate of drug-likeness (QED) is 0.416. The first kappa shape index (κ1) is 21.8. The second-order valence-electron chi connectivity index (χ2n) is 7.01. The van der Waals surface area contributed by atoms with Gasteiger partial charge in [-0.2, -0.15) is 0 Å². The van der Waals surface area contributed by atoms with Gasteiger partial charge in [0.05, 0.1) is 21.3 Å². The van der Waals surface area contributed by atoms with Crippen molar-refractivity contribution < 1.29 is 28.2 Å². The zero-order chi connectivity index (χ0) is 23.4. The third kappa shape index (κ3) is 4.45. The molecule has 0 spiro atoms. The van der Waals surface area contributed by atoms with Crippen molar-refractivity contribution in [3.8, 4) is 17.2 Å². The van der Waals surface area contributed by atoms with Crippen LogP contribution in [-0.2, 0) is 0 Å². The average molecular weight is 446 g/mol. The summed E-state index contributed by atoms with van der Waals surface area (Å²) < 4.78 is 21.5. The number of para-hydroxylation sites is 1. The van der Waals surface area contributed by atoms with Crippen molar-refractivity contribution in [2.75, 3.05) is 32.0 Å². The highest BCUT2D eigenvalue weighted by Crippen LogP contribution is 2.33. The number of fused-ring (bicyclic) bond motifs is 1. The van der Waals surface area contributed by atoms with Gasteiger partial charge in [0.25, 0.3) is 11.8 Å². The Morgan fingerprint density at radius 2 is 1.55 bits per heavy atom. The van der Waals surface area contributed by atoms with Crippen LogP contribution in [0.25, 0.3) is 11.0 Å². The van der Waals surface area contributed by atoms with Gasteiger partial charge in [-0.15, -0.1) is 0 Å². The van der Waals surface area contributed by atoms with E-state index in [0.717, 1.165) is 0 Å². The third-order valence-corrected chi connectivity index (χ3v) is 5.01. The Hall–Kier alpha value is -4.46. The Kier molecular flexibility index (Phi) is 6.17. The Bertz CT molecular complexity index is 1330. The largest absolute Gasteiger partial charge is 0.497 e. The van der Waals surface area contributed by atoms with E-state index in [1.807, 2.05) is 0 Å². The number of hydrogen-bond donors (Lipinski definition) is 2. The molecule has 8 heteroatoms. The minimum Gasteiger partial charge on any atom is -0.497 e. The number of amides is 2. The molecule has 2 N–H and O–H groups in total. The van der Waals surface area contributed by atoms with Gasteiger partial charge in [-0.25, -0.2) is 0 Å². The minimum atomic E-state index is -0.512. The van der Waals surface area contributed by atoms with Gasteiger partial charge < -0.3 is 29.3 Å². The first-order valence-electron chi connectivity index (χ1n) is 10.0. The molecule has 0 saturated heterocycles. The first-order valence-corrected chi connectivity index (χ1v) is 10.0. The van der Waals surface area contributed by atoms with Crippen molar-refractivity contribution in [2.45, 2.75) is 0 Å². The van der Waals surface area contributed by atoms with Crippen LogP contribution >= 0.6 is 0 Å². The number of nitrogens with one attached hydrogen (secondary N) is 2. The monoisotopic (exact) mass is 446 g/mol. The summed E-state index contributed by atoms with van der Waals surface area (Å²) >= 11 is 0. The molecule has 1 heterocycles. The highest BCUT2D eigenvalue weighted by Gasteiger charge is 2.23. The predicted molar refractivity (Wildman–Crippen MR) is 125 cm³/mol. The number of hydrogen-bond acceptors (Lipinski definition) is 6. The molecule has 0 radical (unpaired) electrons. The summed E-state index contributed by atoms with van der Waals surface area (Å²) in [6, 6.07) is 18.8. The van der Waals surface area contributed by atoms with E-state index in [0.29, 0.717) is 39.5 Å². The van der Waals surface area contributed by atoms with Crippen LogP contribution in [-0.4, -0.2) is 33.1 Å². The van der Waals surface area contributed by atoms with E-state index in [-0.39, 0.29) is 11.4 Å². The minimum absolute atomic E-state index is 0.0205. The molecule has 1 aromatic heterocycles. The first-order chi connectivity index (χ1) is 16.0. The molecule has 168 valence electrons. The second kappa shape index (κ2) is 9.35. The molecule has 0 atom stereocenters. The molecule has 4 aromatic rings. The fraction of sp³-hybridized carbons (Fsp3) is 0.120. The summed E-state index contributed by atoms with van der Waals surface area (Å²) in [4.78, 5) is 26.1. The molecular formula is C25H22N2O6. The lowest BCUT2D eigenvalue weighted by Gasteiger charge is -2.11. The lowest BCUT2D eigenvalue weighted by molar-refractivity contribution is 0.0999. The summed E-state index contributed by atoms with van der Waals surface area (Å²) in [6.45, 7) is 0. The van der Waals surface area contributed by atoms with E-state index in [2.05, 4.69) is 10.6 Å². The van der Waals surface area contributed by atoms with Gasteiger partial charge in [-0.3, -0.25) is 9.59 Å². The van der Waals surface area contributed by atoms with Crippen LogP contribution in [0.4, 0.5) is 11.4 Å². The van der Waals surface area contributed by atoms with Gasteiger partial charge in [0.2, 0.25) is 5.76 Å². The summed E-state index contributed by atoms with van der Waals surface area (Å²) in [5.41, 5.74) is 1.59. The van der Waals surface area contributed by atoms with Gasteiger partial charge in [0, 0.05) is 22.7 Å². The normalized spacial score (nSPS) is 10.5. The predicted octanol–water partition coefficient (Wildman–Crippen LogP) is 4.96. The topological polar surface area (TPSA) is 99.0 Å². The van der Waals surface area contributed by atoms with Crippen molar-refractivity contribution in [1.82, 2.24) is 0 Å². The molecule has 8 nitrogen and oxygen atoms in total. The van der Waals surface area contributed by atoms with Crippen LogP contribution in [0.3, 0.4) is 0 Å². The lowest BCUT2D eigenvalue weighted by Crippen LogP contribution is -2.17. The number of carbonyl (C=O) groups excluding carboxylic acids is 2. The van der Waals surface area contributed by atoms with Gasteiger partial charge in [-0.1, -0.05) is 18.2 Å². The fourth-order valence-electron chi connectivity index (χ4n) is 3.38. The molecule has 0 bridgehead atoms. The smallest absolute Gasteiger partial charge is 0.293 e. The standard InChI is InChI=1S/C25H22N2O6/c1-30-17-8-6-7-16(14-17)26-25(29)23-22(18-9-4-5-10-19(18)33-23)27-24(28)15-11-12-20(31-2)21(13-15)32-3/h4-14H,1-3H3,(H,26,29)(H,27,28). The molecule has 4 rings (SSSR count). The van der Waals surface area contributed by atoms with E-state index in [1.54, 1.807) is 73.8 Å². The maximum Gasteiger partial charge on any atom is 0.293 e. The average Bonchev–Trinajstić information content (AvgIpc) is 3.22. The van der Waals surface area contributed by atoms with Crippen LogP contribution < -0.4 is 24.8 Å². The van der Waals surface area contributed by atoms with E-state index >= 15 is 0 Å². The number of ether oxygens (including phenoxy) is 3. The Morgan fingerprint density at radius 1 is 0.758 bits per heavy atom. The van der Waals surface area contributed by atoms with E-state index in [9.17, 15) is 9.59 Å². The van der Waals surface area contributed by atoms with Crippen LogP contribution in [0, 0.1) is 0 Å². The Balaban J connectivity index is 1.68. The van der Waals surface area contributed by atoms with Crippen LogP contribution in [0.15, 0.2) is 71.1 Å². The molecule has 0 unspecified atom stereocenters. The highest BCUT2D eigenvalue weighted by atomic mass is 16.5. The van der Waals surface area contributed by atoms with Crippen molar-refractivity contribution in [3.05, 3.63) is 78.1 Å². The van der Waals surface area contributed by atoms with E-state index < -0.39 is 11.8 Å². The maximum absolute atomic E-state index is 13.1. The van der Waals surface area contributed by atoms with Crippen molar-refractivity contribution >= 4 is 34.2 Å². The zero-order valence-electron chi connectivity index (χ0n) is 18.3. The van der Waals surface area contributed by atoms with Crippen LogP contribution in [0.2, 0.25) is 0 Å². The third-order valence-electron chi connectivity index (χ3n) is 5.01. The number of furan rings is 1. The lowest BCUT2D eigenvalue weighted by atomic mass is 10.1. The number of benzene rings is 3. The van der Waals surface area contributed by atoms with Crippen molar-refractivity contribution in [3.63, 3.8) is 0 Å². The van der Waals surface area contributed by atoms with Crippen LogP contribution in [0.1, 0.15) is 20.9 Å². The molecule has 33 heavy (non-hydrogen) atoms. The SMILES string of the molecule is COc1cccc(NC(=O)c2oc3ccccc3c2NC(=O)c2ccc(OC)c(OC)c2)c1. The molecular weight excluding hydrogens is 424 g/mol. The van der Waals surface area contributed by atoms with Crippen LogP contribution in [0.5, 0.6) is 17.2 Å². The van der Waals surface area contributed by atoms with Gasteiger partial charge in [0.1, 0.15) is 17.0 Å². The summed E-state index contributed by atoms with van der Waals surface area (Å²) in [6.07, 6.45) is 0. The molecule has 2 amide bonds. The summed E-state index contributed by atoms with van der Waals surface area (Å²) in [5, 5.41) is 6.19. The molecule has 0 fully saturated rings. The summed E-state index contributed by atoms with van der Waals surface area (Å²) in [5.74, 6) is 0.548.